The van der Waals surface area contributed by atoms with Gasteiger partial charge in [0.25, 0.3) is 10.0 Å². The smallest absolute Gasteiger partial charge is 0.257 e. The zero-order valence-electron chi connectivity index (χ0n) is 13.9. The van der Waals surface area contributed by atoms with E-state index in [9.17, 15) is 17.6 Å². The summed E-state index contributed by atoms with van der Waals surface area (Å²) in [6.07, 6.45) is 0.122. The van der Waals surface area contributed by atoms with Crippen LogP contribution in [-0.2, 0) is 14.8 Å². The number of sulfonamides is 1. The molecule has 2 aromatic carbocycles. The number of hydrogen-bond donors (Lipinski definition) is 2. The van der Waals surface area contributed by atoms with Crippen molar-refractivity contribution in [2.75, 3.05) is 5.75 Å². The molecule has 0 spiro atoms. The summed E-state index contributed by atoms with van der Waals surface area (Å²) in [6.45, 7) is 3.48. The number of carbonyl (C=O) groups is 1. The summed E-state index contributed by atoms with van der Waals surface area (Å²) < 4.78 is 37.3. The zero-order valence-corrected chi connectivity index (χ0v) is 15.5. The van der Waals surface area contributed by atoms with E-state index >= 15 is 0 Å². The van der Waals surface area contributed by atoms with E-state index in [1.54, 1.807) is 38.1 Å². The molecule has 1 amide bonds. The average molecular weight is 382 g/mol. The number of hydrazine groups is 1. The van der Waals surface area contributed by atoms with Crippen LogP contribution in [0.5, 0.6) is 0 Å². The fourth-order valence-corrected chi connectivity index (χ4v) is 4.07. The predicted molar refractivity (Wildman–Crippen MR) is 96.1 cm³/mol. The Bertz CT molecular complexity index is 853. The van der Waals surface area contributed by atoms with E-state index in [4.69, 9.17) is 0 Å². The number of carbonyl (C=O) groups excluding carboxylic acids is 1. The largest absolute Gasteiger partial charge is 0.278 e. The lowest BCUT2D eigenvalue weighted by molar-refractivity contribution is -0.121. The fraction of sp³-hybridized carbons (Fsp3) is 0.235. The van der Waals surface area contributed by atoms with Crippen LogP contribution >= 0.6 is 11.8 Å². The summed E-state index contributed by atoms with van der Waals surface area (Å²) in [7, 11) is -3.82. The third-order valence-electron chi connectivity index (χ3n) is 3.37. The Morgan fingerprint density at radius 3 is 2.48 bits per heavy atom. The molecule has 0 unspecified atom stereocenters. The van der Waals surface area contributed by atoms with Crippen molar-refractivity contribution in [1.82, 2.24) is 10.3 Å². The number of thioether (sulfide) groups is 1. The molecular weight excluding hydrogens is 363 g/mol. The van der Waals surface area contributed by atoms with Crippen LogP contribution in [0.15, 0.2) is 52.3 Å². The molecule has 8 heteroatoms. The number of nitrogens with one attached hydrogen (secondary N) is 2. The highest BCUT2D eigenvalue weighted by molar-refractivity contribution is 7.99. The van der Waals surface area contributed by atoms with Gasteiger partial charge >= 0.3 is 0 Å². The molecule has 0 aliphatic carbocycles. The van der Waals surface area contributed by atoms with Crippen LogP contribution in [0.25, 0.3) is 0 Å². The van der Waals surface area contributed by atoms with Gasteiger partial charge in [-0.2, -0.15) is 0 Å². The second-order valence-corrected chi connectivity index (χ2v) is 8.29. The first kappa shape index (κ1) is 19.4. The van der Waals surface area contributed by atoms with Crippen molar-refractivity contribution >= 4 is 27.7 Å². The van der Waals surface area contributed by atoms with Crippen LogP contribution in [0.2, 0.25) is 0 Å². The van der Waals surface area contributed by atoms with Gasteiger partial charge in [0, 0.05) is 17.1 Å². The number of amides is 1. The number of aryl methyl sites for hydroxylation is 2. The van der Waals surface area contributed by atoms with Crippen LogP contribution in [0.3, 0.4) is 0 Å². The van der Waals surface area contributed by atoms with Gasteiger partial charge in [0.15, 0.2) is 0 Å². The maximum absolute atomic E-state index is 12.8. The summed E-state index contributed by atoms with van der Waals surface area (Å²) in [4.78, 5) is 14.9. The van der Waals surface area contributed by atoms with Crippen LogP contribution < -0.4 is 10.3 Å². The second-order valence-electron chi connectivity index (χ2n) is 5.48. The minimum Gasteiger partial charge on any atom is -0.278 e. The molecular formula is C17H19FN2O3S2. The van der Waals surface area contributed by atoms with Gasteiger partial charge in [0.2, 0.25) is 5.91 Å². The van der Waals surface area contributed by atoms with Gasteiger partial charge in [-0.05, 0) is 55.3 Å². The standard InChI is InChI=1S/C17H19FN2O3S2/c1-12-3-4-13(2)16(11-12)25(22,23)20-19-17(21)9-10-24-15-7-5-14(18)6-8-15/h3-8,11,20H,9-10H2,1-2H3,(H,19,21). The lowest BCUT2D eigenvalue weighted by Gasteiger charge is -2.11. The molecule has 0 aliphatic rings. The first-order chi connectivity index (χ1) is 11.8. The normalized spacial score (nSPS) is 11.3. The molecule has 0 saturated heterocycles. The minimum absolute atomic E-state index is 0.122. The molecule has 2 aromatic rings. The van der Waals surface area contributed by atoms with Gasteiger partial charge in [-0.3, -0.25) is 10.2 Å². The van der Waals surface area contributed by atoms with Gasteiger partial charge in [0.1, 0.15) is 5.82 Å². The highest BCUT2D eigenvalue weighted by Crippen LogP contribution is 2.19. The van der Waals surface area contributed by atoms with Crippen LogP contribution in [0, 0.1) is 19.7 Å². The van der Waals surface area contributed by atoms with Gasteiger partial charge < -0.3 is 0 Å². The lowest BCUT2D eigenvalue weighted by atomic mass is 10.2. The molecule has 0 heterocycles. The third-order valence-corrected chi connectivity index (χ3v) is 5.77. The molecule has 2 rings (SSSR count). The van der Waals surface area contributed by atoms with E-state index < -0.39 is 15.9 Å². The molecule has 134 valence electrons. The Labute approximate surface area is 151 Å². The summed E-state index contributed by atoms with van der Waals surface area (Å²) in [5, 5.41) is 0. The van der Waals surface area contributed by atoms with Crippen LogP contribution in [-0.4, -0.2) is 20.1 Å². The van der Waals surface area contributed by atoms with Gasteiger partial charge in [-0.25, -0.2) is 12.8 Å². The van der Waals surface area contributed by atoms with E-state index in [0.29, 0.717) is 11.3 Å². The lowest BCUT2D eigenvalue weighted by Crippen LogP contribution is -2.41. The Balaban J connectivity index is 1.84. The SMILES string of the molecule is Cc1ccc(C)c(S(=O)(=O)NNC(=O)CCSc2ccc(F)cc2)c1. The number of rotatable bonds is 7. The highest BCUT2D eigenvalue weighted by Gasteiger charge is 2.17. The van der Waals surface area contributed by atoms with Gasteiger partial charge in [-0.15, -0.1) is 16.6 Å². The van der Waals surface area contributed by atoms with Crippen LogP contribution in [0.1, 0.15) is 17.5 Å². The molecule has 0 radical (unpaired) electrons. The topological polar surface area (TPSA) is 75.3 Å². The minimum atomic E-state index is -3.82. The Morgan fingerprint density at radius 1 is 1.12 bits per heavy atom. The summed E-state index contributed by atoms with van der Waals surface area (Å²) in [6, 6.07) is 11.0. The molecule has 0 atom stereocenters. The summed E-state index contributed by atoms with van der Waals surface area (Å²) in [5.74, 6) is -0.311. The number of halogens is 1. The van der Waals surface area contributed by atoms with E-state index in [0.717, 1.165) is 10.5 Å². The maximum atomic E-state index is 12.8. The van der Waals surface area contributed by atoms with E-state index in [1.807, 2.05) is 6.07 Å². The average Bonchev–Trinajstić information content (AvgIpc) is 2.57. The molecule has 5 nitrogen and oxygen atoms in total. The van der Waals surface area contributed by atoms with E-state index in [1.165, 1.54) is 23.9 Å². The molecule has 2 N–H and O–H groups in total. The summed E-state index contributed by atoms with van der Waals surface area (Å²) >= 11 is 1.39. The van der Waals surface area contributed by atoms with Crippen molar-refractivity contribution in [2.45, 2.75) is 30.1 Å². The van der Waals surface area contributed by atoms with Crippen molar-refractivity contribution in [2.24, 2.45) is 0 Å². The van der Waals surface area contributed by atoms with E-state index in [-0.39, 0.29) is 17.1 Å². The number of hydrogen-bond acceptors (Lipinski definition) is 4. The summed E-state index contributed by atoms with van der Waals surface area (Å²) in [5.41, 5.74) is 3.62. The Kier molecular flexibility index (Phi) is 6.57. The van der Waals surface area contributed by atoms with Gasteiger partial charge in [-0.1, -0.05) is 12.1 Å². The van der Waals surface area contributed by atoms with Crippen molar-refractivity contribution in [3.05, 3.63) is 59.4 Å². The Morgan fingerprint density at radius 2 is 1.80 bits per heavy atom. The highest BCUT2D eigenvalue weighted by atomic mass is 32.2. The first-order valence-electron chi connectivity index (χ1n) is 7.54. The fourth-order valence-electron chi connectivity index (χ4n) is 2.03. The van der Waals surface area contributed by atoms with Crippen LogP contribution in [0.4, 0.5) is 4.39 Å². The van der Waals surface area contributed by atoms with Crippen molar-refractivity contribution in [3.8, 4) is 0 Å². The predicted octanol–water partition coefficient (Wildman–Crippen LogP) is 2.93. The quantitative estimate of drug-likeness (QED) is 0.570. The third kappa shape index (κ3) is 5.84. The second kappa shape index (κ2) is 8.46. The first-order valence-corrected chi connectivity index (χ1v) is 10.0. The van der Waals surface area contributed by atoms with Crippen molar-refractivity contribution in [3.63, 3.8) is 0 Å². The van der Waals surface area contributed by atoms with Crippen molar-refractivity contribution < 1.29 is 17.6 Å². The van der Waals surface area contributed by atoms with Gasteiger partial charge in [0.05, 0.1) is 4.90 Å². The van der Waals surface area contributed by atoms with E-state index in [2.05, 4.69) is 10.3 Å². The maximum Gasteiger partial charge on any atom is 0.257 e. The number of benzene rings is 2. The molecule has 25 heavy (non-hydrogen) atoms. The molecule has 0 bridgehead atoms. The zero-order chi connectivity index (χ0) is 18.4. The molecule has 0 saturated carbocycles. The molecule has 0 fully saturated rings. The molecule has 0 aromatic heterocycles. The monoisotopic (exact) mass is 382 g/mol. The van der Waals surface area contributed by atoms with Crippen molar-refractivity contribution in [1.29, 1.82) is 0 Å². The molecule has 0 aliphatic heterocycles. The Hall–Kier alpha value is -1.90.